The number of benzene rings is 1. The molecule has 0 aliphatic heterocycles. The highest BCUT2D eigenvalue weighted by atomic mass is 16.2. The first kappa shape index (κ1) is 19.5. The maximum Gasteiger partial charge on any atom is 0.223 e. The average molecular weight is 344 g/mol. The molecule has 1 saturated carbocycles. The lowest BCUT2D eigenvalue weighted by Crippen LogP contribution is -2.41. The van der Waals surface area contributed by atoms with Crippen LogP contribution in [0, 0.1) is 5.92 Å². The lowest BCUT2D eigenvalue weighted by molar-refractivity contribution is -0.127. The number of hydrogen-bond acceptors (Lipinski definition) is 2. The van der Waals surface area contributed by atoms with Gasteiger partial charge in [-0.25, -0.2) is 0 Å². The Morgan fingerprint density at radius 2 is 1.68 bits per heavy atom. The van der Waals surface area contributed by atoms with E-state index in [0.29, 0.717) is 24.9 Å². The number of rotatable bonds is 7. The molecule has 1 fully saturated rings. The number of carbonyl (C=O) groups is 2. The van der Waals surface area contributed by atoms with Gasteiger partial charge in [0, 0.05) is 25.9 Å². The van der Waals surface area contributed by atoms with Gasteiger partial charge in [0.05, 0.1) is 5.69 Å². The summed E-state index contributed by atoms with van der Waals surface area (Å²) < 4.78 is 0. The molecule has 4 heteroatoms. The van der Waals surface area contributed by atoms with Gasteiger partial charge in [-0.3, -0.25) is 9.59 Å². The summed E-state index contributed by atoms with van der Waals surface area (Å²) in [4.78, 5) is 26.3. The summed E-state index contributed by atoms with van der Waals surface area (Å²) in [6.07, 6.45) is 3.14. The van der Waals surface area contributed by atoms with Crippen molar-refractivity contribution in [2.45, 2.75) is 65.7 Å². The highest BCUT2D eigenvalue weighted by molar-refractivity contribution is 5.93. The third kappa shape index (κ3) is 4.62. The highest BCUT2D eigenvalue weighted by Gasteiger charge is 2.26. The number of hydrogen-bond donors (Lipinski definition) is 1. The molecule has 2 amide bonds. The van der Waals surface area contributed by atoms with Crippen molar-refractivity contribution in [3.8, 4) is 0 Å². The van der Waals surface area contributed by atoms with Crippen LogP contribution >= 0.6 is 0 Å². The first-order valence-corrected chi connectivity index (χ1v) is 9.51. The van der Waals surface area contributed by atoms with Crippen LogP contribution in [0.1, 0.15) is 76.8 Å². The summed E-state index contributed by atoms with van der Waals surface area (Å²) in [5.41, 5.74) is 3.40. The molecule has 0 unspecified atom stereocenters. The Morgan fingerprint density at radius 3 is 2.08 bits per heavy atom. The monoisotopic (exact) mass is 344 g/mol. The van der Waals surface area contributed by atoms with E-state index in [9.17, 15) is 9.59 Å². The van der Waals surface area contributed by atoms with Crippen molar-refractivity contribution in [2.75, 3.05) is 18.0 Å². The van der Waals surface area contributed by atoms with Gasteiger partial charge in [-0.15, -0.1) is 0 Å². The molecule has 1 aromatic carbocycles. The van der Waals surface area contributed by atoms with Crippen molar-refractivity contribution in [1.82, 2.24) is 5.32 Å². The van der Waals surface area contributed by atoms with Gasteiger partial charge in [-0.05, 0) is 35.8 Å². The number of carbonyl (C=O) groups excluding carboxylic acids is 2. The Morgan fingerprint density at radius 1 is 1.12 bits per heavy atom. The molecule has 0 heterocycles. The number of anilines is 1. The zero-order valence-electron chi connectivity index (χ0n) is 16.3. The predicted octanol–water partition coefficient (Wildman–Crippen LogP) is 4.20. The molecule has 1 aliphatic rings. The van der Waals surface area contributed by atoms with Gasteiger partial charge in [0.1, 0.15) is 0 Å². The summed E-state index contributed by atoms with van der Waals surface area (Å²) in [5.74, 6) is 1.00. The molecular weight excluding hydrogens is 312 g/mol. The summed E-state index contributed by atoms with van der Waals surface area (Å²) in [7, 11) is 0. The smallest absolute Gasteiger partial charge is 0.223 e. The second kappa shape index (κ2) is 8.50. The number of nitrogens with zero attached hydrogens (tertiary/aromatic N) is 1. The Bertz CT molecular complexity index is 592. The number of nitrogens with one attached hydrogen (secondary N) is 1. The van der Waals surface area contributed by atoms with Gasteiger partial charge in [0.2, 0.25) is 11.8 Å². The van der Waals surface area contributed by atoms with E-state index in [4.69, 9.17) is 0 Å². The molecule has 0 bridgehead atoms. The molecule has 0 aromatic heterocycles. The third-order valence-electron chi connectivity index (χ3n) is 5.10. The topological polar surface area (TPSA) is 49.4 Å². The summed E-state index contributed by atoms with van der Waals surface area (Å²) in [6.45, 7) is 11.2. The van der Waals surface area contributed by atoms with Crippen LogP contribution in [-0.4, -0.2) is 24.9 Å². The molecule has 25 heavy (non-hydrogen) atoms. The minimum absolute atomic E-state index is 0.0212. The van der Waals surface area contributed by atoms with E-state index in [-0.39, 0.29) is 17.7 Å². The van der Waals surface area contributed by atoms with E-state index < -0.39 is 0 Å². The van der Waals surface area contributed by atoms with Crippen LogP contribution < -0.4 is 10.2 Å². The molecule has 0 spiro atoms. The Balaban J connectivity index is 2.20. The Labute approximate surface area is 152 Å². The quantitative estimate of drug-likeness (QED) is 0.806. The Hall–Kier alpha value is -1.84. The molecule has 0 atom stereocenters. The van der Waals surface area contributed by atoms with Gasteiger partial charge in [-0.2, -0.15) is 0 Å². The van der Waals surface area contributed by atoms with Crippen LogP contribution in [0.5, 0.6) is 0 Å². The number of para-hydroxylation sites is 1. The second-order valence-electron chi connectivity index (χ2n) is 7.68. The number of amides is 2. The van der Waals surface area contributed by atoms with Crippen LogP contribution in [0.2, 0.25) is 0 Å². The molecule has 1 N–H and O–H groups in total. The lowest BCUT2D eigenvalue weighted by Gasteiger charge is -2.30. The van der Waals surface area contributed by atoms with E-state index in [0.717, 1.165) is 24.9 Å². The predicted molar refractivity (Wildman–Crippen MR) is 103 cm³/mol. The van der Waals surface area contributed by atoms with Crippen molar-refractivity contribution in [3.63, 3.8) is 0 Å². The van der Waals surface area contributed by atoms with E-state index in [1.165, 1.54) is 11.1 Å². The molecular formula is C21H32N2O2. The van der Waals surface area contributed by atoms with E-state index in [1.54, 1.807) is 6.92 Å². The molecule has 2 rings (SSSR count). The second-order valence-corrected chi connectivity index (χ2v) is 7.68. The molecule has 1 aromatic rings. The van der Waals surface area contributed by atoms with Gasteiger partial charge in [0.15, 0.2) is 0 Å². The standard InChI is InChI=1S/C21H32N2O2/c1-14(2)18-10-7-11-19(15(3)4)20(18)23(16(5)24)13-12-22-21(25)17-8-6-9-17/h7,10-11,14-15,17H,6,8-9,12-13H2,1-5H3,(H,22,25). The fourth-order valence-electron chi connectivity index (χ4n) is 3.36. The summed E-state index contributed by atoms with van der Waals surface area (Å²) in [5, 5.41) is 3.00. The maximum atomic E-state index is 12.4. The minimum Gasteiger partial charge on any atom is -0.354 e. The highest BCUT2D eigenvalue weighted by Crippen LogP contribution is 2.35. The minimum atomic E-state index is 0.0212. The molecule has 138 valence electrons. The fraction of sp³-hybridized carbons (Fsp3) is 0.619. The maximum absolute atomic E-state index is 12.4. The van der Waals surface area contributed by atoms with Crippen molar-refractivity contribution in [2.24, 2.45) is 5.92 Å². The first-order chi connectivity index (χ1) is 11.8. The molecule has 1 aliphatic carbocycles. The van der Waals surface area contributed by atoms with Crippen LogP contribution in [-0.2, 0) is 9.59 Å². The molecule has 0 radical (unpaired) electrons. The lowest BCUT2D eigenvalue weighted by atomic mass is 9.85. The Kier molecular flexibility index (Phi) is 6.63. The van der Waals surface area contributed by atoms with Crippen molar-refractivity contribution >= 4 is 17.5 Å². The van der Waals surface area contributed by atoms with Gasteiger partial charge in [0.25, 0.3) is 0 Å². The first-order valence-electron chi connectivity index (χ1n) is 9.51. The average Bonchev–Trinajstić information content (AvgIpc) is 2.48. The van der Waals surface area contributed by atoms with Crippen LogP contribution in [0.4, 0.5) is 5.69 Å². The fourth-order valence-corrected chi connectivity index (χ4v) is 3.36. The van der Waals surface area contributed by atoms with E-state index in [2.05, 4.69) is 51.2 Å². The normalized spacial score (nSPS) is 14.5. The van der Waals surface area contributed by atoms with Gasteiger partial charge < -0.3 is 10.2 Å². The van der Waals surface area contributed by atoms with Gasteiger partial charge in [-0.1, -0.05) is 52.3 Å². The SMILES string of the molecule is CC(=O)N(CCNC(=O)C1CCC1)c1c(C(C)C)cccc1C(C)C. The van der Waals surface area contributed by atoms with Crippen molar-refractivity contribution in [1.29, 1.82) is 0 Å². The van der Waals surface area contributed by atoms with Crippen LogP contribution in [0.3, 0.4) is 0 Å². The van der Waals surface area contributed by atoms with Gasteiger partial charge >= 0.3 is 0 Å². The summed E-state index contributed by atoms with van der Waals surface area (Å²) in [6, 6.07) is 6.29. The molecule has 0 saturated heterocycles. The van der Waals surface area contributed by atoms with Crippen LogP contribution in [0.15, 0.2) is 18.2 Å². The summed E-state index contributed by atoms with van der Waals surface area (Å²) >= 11 is 0. The van der Waals surface area contributed by atoms with Crippen LogP contribution in [0.25, 0.3) is 0 Å². The zero-order valence-corrected chi connectivity index (χ0v) is 16.3. The zero-order chi connectivity index (χ0) is 18.6. The van der Waals surface area contributed by atoms with Crippen molar-refractivity contribution < 1.29 is 9.59 Å². The van der Waals surface area contributed by atoms with E-state index in [1.807, 2.05) is 4.90 Å². The molecule has 4 nitrogen and oxygen atoms in total. The van der Waals surface area contributed by atoms with Crippen molar-refractivity contribution in [3.05, 3.63) is 29.3 Å². The largest absolute Gasteiger partial charge is 0.354 e. The van der Waals surface area contributed by atoms with E-state index >= 15 is 0 Å². The third-order valence-corrected chi connectivity index (χ3v) is 5.10.